The summed E-state index contributed by atoms with van der Waals surface area (Å²) in [5.74, 6) is 0. The summed E-state index contributed by atoms with van der Waals surface area (Å²) in [6.45, 7) is 7.67. The molecule has 0 aliphatic carbocycles. The van der Waals surface area contributed by atoms with E-state index >= 15 is 0 Å². The molecule has 8 heteroatoms. The van der Waals surface area contributed by atoms with Gasteiger partial charge in [0.15, 0.2) is 0 Å². The molecular formula is C8H20N2O5S. The Morgan fingerprint density at radius 1 is 0.812 bits per heavy atom. The second kappa shape index (κ2) is 13.0. The lowest BCUT2D eigenvalue weighted by atomic mass is 10.5. The highest BCUT2D eigenvalue weighted by molar-refractivity contribution is 7.73. The van der Waals surface area contributed by atoms with Crippen molar-refractivity contribution in [2.75, 3.05) is 52.6 Å². The fourth-order valence-electron chi connectivity index (χ4n) is 1.03. The Kier molecular flexibility index (Phi) is 12.9. The molecule has 0 aromatic heterocycles. The molecule has 2 fully saturated rings. The minimum atomic E-state index is -2.61. The summed E-state index contributed by atoms with van der Waals surface area (Å²) in [6, 6.07) is 0. The molecule has 2 aliphatic heterocycles. The van der Waals surface area contributed by atoms with Gasteiger partial charge >= 0.3 is 0 Å². The van der Waals surface area contributed by atoms with Crippen LogP contribution in [0.5, 0.6) is 0 Å². The fraction of sp³-hybridized carbons (Fsp3) is 1.00. The number of ether oxygens (including phenoxy) is 2. The van der Waals surface area contributed by atoms with Gasteiger partial charge in [0, 0.05) is 26.2 Å². The minimum Gasteiger partial charge on any atom is -0.379 e. The quantitative estimate of drug-likeness (QED) is 0.408. The van der Waals surface area contributed by atoms with Gasteiger partial charge in [-0.3, -0.25) is 9.11 Å². The van der Waals surface area contributed by atoms with E-state index in [1.165, 1.54) is 0 Å². The summed E-state index contributed by atoms with van der Waals surface area (Å²) in [4.78, 5) is 0. The van der Waals surface area contributed by atoms with Gasteiger partial charge in [-0.2, -0.15) is 4.21 Å². The molecule has 7 nitrogen and oxygen atoms in total. The predicted octanol–water partition coefficient (Wildman–Crippen LogP) is -1.11. The molecule has 98 valence electrons. The van der Waals surface area contributed by atoms with E-state index in [2.05, 4.69) is 10.6 Å². The molecule has 2 heterocycles. The number of rotatable bonds is 0. The van der Waals surface area contributed by atoms with Crippen LogP contribution in [0.25, 0.3) is 0 Å². The van der Waals surface area contributed by atoms with Crippen LogP contribution in [0.15, 0.2) is 0 Å². The van der Waals surface area contributed by atoms with Gasteiger partial charge in [-0.05, 0) is 0 Å². The van der Waals surface area contributed by atoms with Crippen LogP contribution in [0.4, 0.5) is 0 Å². The first kappa shape index (κ1) is 15.9. The highest BCUT2D eigenvalue weighted by Crippen LogP contribution is 1.77. The molecule has 2 rings (SSSR count). The molecule has 4 N–H and O–H groups in total. The molecule has 16 heavy (non-hydrogen) atoms. The normalized spacial score (nSPS) is 20.2. The van der Waals surface area contributed by atoms with Gasteiger partial charge in [-0.25, -0.2) is 0 Å². The second-order valence-electron chi connectivity index (χ2n) is 2.96. The van der Waals surface area contributed by atoms with Gasteiger partial charge in [-0.15, -0.1) is 0 Å². The molecule has 0 radical (unpaired) electrons. The molecule has 0 aromatic carbocycles. The third-order valence-corrected chi connectivity index (χ3v) is 1.69. The van der Waals surface area contributed by atoms with E-state index in [0.717, 1.165) is 52.6 Å². The number of morpholine rings is 2. The molecule has 0 amide bonds. The van der Waals surface area contributed by atoms with Gasteiger partial charge in [0.2, 0.25) is 0 Å². The van der Waals surface area contributed by atoms with E-state index < -0.39 is 11.4 Å². The summed E-state index contributed by atoms with van der Waals surface area (Å²) < 4.78 is 32.8. The summed E-state index contributed by atoms with van der Waals surface area (Å²) in [5.41, 5.74) is 0. The number of hydrogen-bond acceptors (Lipinski definition) is 5. The third kappa shape index (κ3) is 16.3. The van der Waals surface area contributed by atoms with Crippen molar-refractivity contribution in [2.45, 2.75) is 0 Å². The molecule has 0 bridgehead atoms. The SMILES string of the molecule is C1COCCN1.C1COCCN1.O=S(O)O. The van der Waals surface area contributed by atoms with E-state index in [0.29, 0.717) is 0 Å². The Bertz CT molecular complexity index is 125. The topological polar surface area (TPSA) is 100 Å². The largest absolute Gasteiger partial charge is 0.379 e. The van der Waals surface area contributed by atoms with Crippen molar-refractivity contribution in [2.24, 2.45) is 0 Å². The van der Waals surface area contributed by atoms with Gasteiger partial charge < -0.3 is 20.1 Å². The van der Waals surface area contributed by atoms with E-state index in [-0.39, 0.29) is 0 Å². The zero-order valence-electron chi connectivity index (χ0n) is 9.18. The van der Waals surface area contributed by atoms with Crippen molar-refractivity contribution in [3.05, 3.63) is 0 Å². The maximum atomic E-state index is 8.67. The van der Waals surface area contributed by atoms with Gasteiger partial charge in [0.05, 0.1) is 26.4 Å². The van der Waals surface area contributed by atoms with Crippen LogP contribution in [0.2, 0.25) is 0 Å². The average Bonchev–Trinajstić information content (AvgIpc) is 2.34. The molecule has 2 aliphatic rings. The highest BCUT2D eigenvalue weighted by Gasteiger charge is 1.93. The standard InChI is InChI=1S/2C4H9NO.H2O3S/c2*1-3-6-4-2-5-1;1-4(2)3/h2*5H,1-4H2;(H2,1,2,3). The van der Waals surface area contributed by atoms with Crippen molar-refractivity contribution >= 4 is 11.4 Å². The first-order valence-electron chi connectivity index (χ1n) is 5.10. The van der Waals surface area contributed by atoms with E-state index in [1.54, 1.807) is 0 Å². The maximum absolute atomic E-state index is 8.67. The van der Waals surface area contributed by atoms with Crippen molar-refractivity contribution in [3.8, 4) is 0 Å². The number of nitrogens with one attached hydrogen (secondary N) is 2. The molecule has 0 unspecified atom stereocenters. The third-order valence-electron chi connectivity index (χ3n) is 1.69. The molecule has 0 atom stereocenters. The lowest BCUT2D eigenvalue weighted by Gasteiger charge is -2.10. The van der Waals surface area contributed by atoms with Crippen molar-refractivity contribution in [1.29, 1.82) is 0 Å². The van der Waals surface area contributed by atoms with E-state index in [1.807, 2.05) is 0 Å². The molecular weight excluding hydrogens is 236 g/mol. The predicted molar refractivity (Wildman–Crippen MR) is 60.8 cm³/mol. The minimum absolute atomic E-state index is 0.889. The monoisotopic (exact) mass is 256 g/mol. The van der Waals surface area contributed by atoms with Crippen LogP contribution in [-0.2, 0) is 20.8 Å². The summed E-state index contributed by atoms with van der Waals surface area (Å²) in [6.07, 6.45) is 0. The van der Waals surface area contributed by atoms with E-state index in [9.17, 15) is 0 Å². The Labute approximate surface area is 98.0 Å². The lowest BCUT2D eigenvalue weighted by Crippen LogP contribution is -2.30. The second-order valence-corrected chi connectivity index (χ2v) is 3.42. The van der Waals surface area contributed by atoms with Crippen molar-refractivity contribution < 1.29 is 22.8 Å². The van der Waals surface area contributed by atoms with Crippen LogP contribution >= 0.6 is 0 Å². The smallest absolute Gasteiger partial charge is 0.299 e. The van der Waals surface area contributed by atoms with Gasteiger partial charge in [-0.1, -0.05) is 0 Å². The molecule has 0 spiro atoms. The molecule has 0 saturated carbocycles. The Hall–Kier alpha value is -0.0900. The molecule has 0 aromatic rings. The first-order chi connectivity index (χ1) is 7.73. The van der Waals surface area contributed by atoms with Crippen molar-refractivity contribution in [1.82, 2.24) is 10.6 Å². The number of hydrogen-bond donors (Lipinski definition) is 4. The summed E-state index contributed by atoms with van der Waals surface area (Å²) in [7, 11) is 0. The lowest BCUT2D eigenvalue weighted by molar-refractivity contribution is 0.109. The van der Waals surface area contributed by atoms with Crippen LogP contribution < -0.4 is 10.6 Å². The Balaban J connectivity index is 0.000000217. The van der Waals surface area contributed by atoms with Gasteiger partial charge in [0.1, 0.15) is 0 Å². The Morgan fingerprint density at radius 2 is 1.06 bits per heavy atom. The zero-order valence-corrected chi connectivity index (χ0v) is 10.0. The van der Waals surface area contributed by atoms with Crippen LogP contribution in [-0.4, -0.2) is 65.9 Å². The highest BCUT2D eigenvalue weighted by atomic mass is 32.2. The molecule has 2 saturated heterocycles. The zero-order chi connectivity index (χ0) is 12.1. The Morgan fingerprint density at radius 3 is 1.12 bits per heavy atom. The van der Waals surface area contributed by atoms with Crippen LogP contribution in [0.1, 0.15) is 0 Å². The summed E-state index contributed by atoms with van der Waals surface area (Å²) in [5, 5.41) is 6.32. The summed E-state index contributed by atoms with van der Waals surface area (Å²) >= 11 is -2.61. The first-order valence-corrected chi connectivity index (χ1v) is 6.16. The van der Waals surface area contributed by atoms with Crippen LogP contribution in [0, 0.1) is 0 Å². The van der Waals surface area contributed by atoms with Crippen molar-refractivity contribution in [3.63, 3.8) is 0 Å². The van der Waals surface area contributed by atoms with E-state index in [4.69, 9.17) is 22.8 Å². The fourth-order valence-corrected chi connectivity index (χ4v) is 1.03. The maximum Gasteiger partial charge on any atom is 0.299 e. The van der Waals surface area contributed by atoms with Crippen LogP contribution in [0.3, 0.4) is 0 Å². The average molecular weight is 256 g/mol. The van der Waals surface area contributed by atoms with Gasteiger partial charge in [0.25, 0.3) is 11.4 Å².